The Morgan fingerprint density at radius 2 is 1.53 bits per heavy atom. The summed E-state index contributed by atoms with van der Waals surface area (Å²) in [4.78, 5) is 0. The fraction of sp³-hybridized carbons (Fsp3) is 1.00. The molecule has 0 aromatic rings. The highest BCUT2D eigenvalue weighted by molar-refractivity contribution is 7.75. The van der Waals surface area contributed by atoms with Crippen molar-refractivity contribution in [3.63, 3.8) is 0 Å². The first-order valence-electron chi connectivity index (χ1n) is 5.69. The Labute approximate surface area is 99.1 Å². The zero-order valence-electron chi connectivity index (χ0n) is 10.1. The smallest absolute Gasteiger partial charge is 0.0873 e. The van der Waals surface area contributed by atoms with Crippen molar-refractivity contribution in [2.24, 2.45) is 0 Å². The average molecular weight is 236 g/mol. The first-order valence-corrected chi connectivity index (χ1v) is 6.05. The van der Waals surface area contributed by atoms with Crippen LogP contribution in [-0.2, 0) is 13.7 Å². The van der Waals surface area contributed by atoms with Crippen LogP contribution in [0.1, 0.15) is 39.5 Å². The number of ether oxygens (including phenoxy) is 2. The normalized spacial score (nSPS) is 15.2. The van der Waals surface area contributed by atoms with Gasteiger partial charge < -0.3 is 13.7 Å². The highest BCUT2D eigenvalue weighted by Crippen LogP contribution is 2.11. The second-order valence-electron chi connectivity index (χ2n) is 3.71. The van der Waals surface area contributed by atoms with E-state index >= 15 is 0 Å². The largest absolute Gasteiger partial charge is 0.382 e. The summed E-state index contributed by atoms with van der Waals surface area (Å²) in [6, 6.07) is 0. The molecule has 0 rings (SSSR count). The van der Waals surface area contributed by atoms with Crippen molar-refractivity contribution in [3.05, 3.63) is 0 Å². The molecule has 0 heterocycles. The quantitative estimate of drug-likeness (QED) is 0.467. The minimum Gasteiger partial charge on any atom is -0.382 e. The van der Waals surface area contributed by atoms with E-state index in [0.717, 1.165) is 25.7 Å². The molecule has 0 aliphatic carbocycles. The molecule has 0 spiro atoms. The molecule has 2 unspecified atom stereocenters. The van der Waals surface area contributed by atoms with Gasteiger partial charge in [0.05, 0.1) is 25.4 Å². The van der Waals surface area contributed by atoms with Crippen molar-refractivity contribution in [2.75, 3.05) is 20.3 Å². The number of hydrogen-bond donors (Lipinski definition) is 1. The lowest BCUT2D eigenvalue weighted by atomic mass is 10.2. The van der Waals surface area contributed by atoms with Crippen LogP contribution in [0.3, 0.4) is 0 Å². The summed E-state index contributed by atoms with van der Waals surface area (Å²) in [5, 5.41) is 0. The molecular formula is C11H24O3S. The number of methoxy groups -OCH3 is 1. The SMILES string of the molecule is CCCC(COC)OC(CCC)COS. The monoisotopic (exact) mass is 236 g/mol. The minimum atomic E-state index is 0.138. The van der Waals surface area contributed by atoms with E-state index in [4.69, 9.17) is 13.7 Å². The summed E-state index contributed by atoms with van der Waals surface area (Å²) < 4.78 is 15.9. The fourth-order valence-electron chi connectivity index (χ4n) is 1.57. The maximum Gasteiger partial charge on any atom is 0.0873 e. The lowest BCUT2D eigenvalue weighted by Gasteiger charge is -2.23. The van der Waals surface area contributed by atoms with Crippen molar-refractivity contribution in [1.29, 1.82) is 0 Å². The molecule has 2 atom stereocenters. The second-order valence-corrected chi connectivity index (χ2v) is 3.97. The first-order chi connectivity index (χ1) is 7.28. The Morgan fingerprint density at radius 3 is 1.93 bits per heavy atom. The van der Waals surface area contributed by atoms with Crippen LogP contribution >= 0.6 is 12.9 Å². The topological polar surface area (TPSA) is 27.7 Å². The van der Waals surface area contributed by atoms with Crippen molar-refractivity contribution < 1.29 is 13.7 Å². The van der Waals surface area contributed by atoms with Crippen LogP contribution in [0.25, 0.3) is 0 Å². The molecule has 0 aliphatic heterocycles. The molecule has 0 saturated carbocycles. The molecule has 0 aromatic heterocycles. The zero-order valence-corrected chi connectivity index (χ0v) is 11.0. The van der Waals surface area contributed by atoms with E-state index in [9.17, 15) is 0 Å². The minimum absolute atomic E-state index is 0.138. The van der Waals surface area contributed by atoms with Crippen LogP contribution in [0.2, 0.25) is 0 Å². The van der Waals surface area contributed by atoms with Crippen molar-refractivity contribution in [3.8, 4) is 0 Å². The summed E-state index contributed by atoms with van der Waals surface area (Å²) in [6.07, 6.45) is 4.55. The number of hydrogen-bond acceptors (Lipinski definition) is 4. The van der Waals surface area contributed by atoms with E-state index in [1.807, 2.05) is 0 Å². The predicted octanol–water partition coefficient (Wildman–Crippen LogP) is 2.85. The fourth-order valence-corrected chi connectivity index (χ4v) is 1.73. The van der Waals surface area contributed by atoms with Crippen molar-refractivity contribution in [2.45, 2.75) is 51.7 Å². The van der Waals surface area contributed by atoms with E-state index in [-0.39, 0.29) is 12.2 Å². The molecule has 15 heavy (non-hydrogen) atoms. The molecule has 0 fully saturated rings. The third-order valence-electron chi connectivity index (χ3n) is 2.22. The third-order valence-corrected chi connectivity index (χ3v) is 2.37. The maximum absolute atomic E-state index is 5.91. The van der Waals surface area contributed by atoms with Crippen LogP contribution in [0.5, 0.6) is 0 Å². The van der Waals surface area contributed by atoms with Crippen LogP contribution in [0.4, 0.5) is 0 Å². The standard InChI is InChI=1S/C11H24O3S/c1-4-6-10(8-12-3)14-11(7-5-2)9-13-15/h10-11,15H,4-9H2,1-3H3. The van der Waals surface area contributed by atoms with Gasteiger partial charge >= 0.3 is 0 Å². The molecule has 0 amide bonds. The van der Waals surface area contributed by atoms with Gasteiger partial charge in [-0.25, -0.2) is 0 Å². The lowest BCUT2D eigenvalue weighted by Crippen LogP contribution is -2.28. The zero-order chi connectivity index (χ0) is 11.5. The van der Waals surface area contributed by atoms with Gasteiger partial charge in [0.15, 0.2) is 0 Å². The van der Waals surface area contributed by atoms with Gasteiger partial charge in [0.25, 0.3) is 0 Å². The highest BCUT2D eigenvalue weighted by atomic mass is 32.1. The summed E-state index contributed by atoms with van der Waals surface area (Å²) in [5.41, 5.74) is 0. The Bertz CT molecular complexity index is 107. The van der Waals surface area contributed by atoms with Gasteiger partial charge in [-0.3, -0.25) is 0 Å². The van der Waals surface area contributed by atoms with Gasteiger partial charge in [-0.2, -0.15) is 0 Å². The molecule has 4 heteroatoms. The number of thiol groups is 1. The second kappa shape index (κ2) is 10.7. The van der Waals surface area contributed by atoms with Gasteiger partial charge in [0, 0.05) is 7.11 Å². The van der Waals surface area contributed by atoms with E-state index in [1.165, 1.54) is 0 Å². The molecular weight excluding hydrogens is 212 g/mol. The summed E-state index contributed by atoms with van der Waals surface area (Å²) in [7, 11) is 1.70. The van der Waals surface area contributed by atoms with E-state index in [1.54, 1.807) is 7.11 Å². The Hall–Kier alpha value is 0.230. The third kappa shape index (κ3) is 8.08. The van der Waals surface area contributed by atoms with Crippen molar-refractivity contribution in [1.82, 2.24) is 0 Å². The van der Waals surface area contributed by atoms with Crippen LogP contribution in [0.15, 0.2) is 0 Å². The summed E-state index contributed by atoms with van der Waals surface area (Å²) in [6.45, 7) is 5.48. The lowest BCUT2D eigenvalue weighted by molar-refractivity contribution is -0.0671. The molecule has 0 N–H and O–H groups in total. The first kappa shape index (κ1) is 15.2. The van der Waals surface area contributed by atoms with E-state index in [0.29, 0.717) is 13.2 Å². The Morgan fingerprint density at radius 1 is 1.00 bits per heavy atom. The van der Waals surface area contributed by atoms with Crippen LogP contribution in [-0.4, -0.2) is 32.5 Å². The summed E-state index contributed by atoms with van der Waals surface area (Å²) >= 11 is 3.77. The number of rotatable bonds is 10. The predicted molar refractivity (Wildman–Crippen MR) is 65.3 cm³/mol. The molecule has 0 aliphatic rings. The van der Waals surface area contributed by atoms with Crippen LogP contribution in [0, 0.1) is 0 Å². The van der Waals surface area contributed by atoms with Gasteiger partial charge in [-0.1, -0.05) is 26.7 Å². The molecule has 0 radical (unpaired) electrons. The van der Waals surface area contributed by atoms with E-state index in [2.05, 4.69) is 26.8 Å². The van der Waals surface area contributed by atoms with Gasteiger partial charge in [0.1, 0.15) is 0 Å². The molecule has 0 aromatic carbocycles. The Balaban J connectivity index is 3.93. The van der Waals surface area contributed by atoms with Crippen LogP contribution < -0.4 is 0 Å². The molecule has 92 valence electrons. The maximum atomic E-state index is 5.91. The van der Waals surface area contributed by atoms with Gasteiger partial charge in [-0.05, 0) is 25.8 Å². The molecule has 0 bridgehead atoms. The molecule has 3 nitrogen and oxygen atoms in total. The molecule has 0 saturated heterocycles. The van der Waals surface area contributed by atoms with Gasteiger partial charge in [0.2, 0.25) is 0 Å². The van der Waals surface area contributed by atoms with E-state index < -0.39 is 0 Å². The highest BCUT2D eigenvalue weighted by Gasteiger charge is 2.15. The average Bonchev–Trinajstić information content (AvgIpc) is 2.19. The van der Waals surface area contributed by atoms with Crippen molar-refractivity contribution >= 4 is 12.9 Å². The Kier molecular flexibility index (Phi) is 10.9. The summed E-state index contributed by atoms with van der Waals surface area (Å²) in [5.74, 6) is 0. The van der Waals surface area contributed by atoms with Gasteiger partial charge in [-0.15, -0.1) is 0 Å².